The van der Waals surface area contributed by atoms with Gasteiger partial charge in [-0.05, 0) is 33.9 Å². The number of benzene rings is 1. The van der Waals surface area contributed by atoms with Gasteiger partial charge in [0.25, 0.3) is 0 Å². The fraction of sp³-hybridized carbons (Fsp3) is 0.455. The van der Waals surface area contributed by atoms with E-state index in [1.54, 1.807) is 0 Å². The van der Waals surface area contributed by atoms with Crippen molar-refractivity contribution in [3.8, 4) is 0 Å². The number of hydrogen-bond donors (Lipinski definition) is 1. The summed E-state index contributed by atoms with van der Waals surface area (Å²) in [6.45, 7) is 3.78. The Morgan fingerprint density at radius 3 is 2.94 bits per heavy atom. The first kappa shape index (κ1) is 12.0. The van der Waals surface area contributed by atoms with Gasteiger partial charge in [-0.3, -0.25) is 0 Å². The summed E-state index contributed by atoms with van der Waals surface area (Å²) in [5, 5.41) is 3.52. The van der Waals surface area contributed by atoms with Crippen molar-refractivity contribution in [3.63, 3.8) is 0 Å². The Hall–Kier alpha value is -0.0100. The number of morpholine rings is 1. The summed E-state index contributed by atoms with van der Waals surface area (Å²) in [6, 6.07) is 8.49. The van der Waals surface area contributed by atoms with E-state index >= 15 is 0 Å². The lowest BCUT2D eigenvalue weighted by Gasteiger charge is -2.25. The molecule has 0 bridgehead atoms. The minimum absolute atomic E-state index is 0.417. The zero-order valence-corrected chi connectivity index (χ0v) is 11.7. The minimum Gasteiger partial charge on any atom is -0.379 e. The van der Waals surface area contributed by atoms with E-state index in [2.05, 4.69) is 33.9 Å². The third-order valence-electron chi connectivity index (χ3n) is 2.60. The van der Waals surface area contributed by atoms with E-state index in [9.17, 15) is 0 Å². The summed E-state index contributed by atoms with van der Waals surface area (Å²) in [7, 11) is 3.74. The van der Waals surface area contributed by atoms with E-state index in [-0.39, 0.29) is 0 Å². The molecular weight excluding hydrogens is 272 g/mol. The van der Waals surface area contributed by atoms with Gasteiger partial charge in [0.2, 0.25) is 0 Å². The predicted molar refractivity (Wildman–Crippen MR) is 77.3 cm³/mol. The Morgan fingerprint density at radius 2 is 2.12 bits per heavy atom. The molecule has 0 aliphatic carbocycles. The fourth-order valence-electron chi connectivity index (χ4n) is 1.73. The smallest absolute Gasteiger partial charge is 0.135 e. The number of nitrogens with zero attached hydrogens (tertiary/aromatic N) is 1. The van der Waals surface area contributed by atoms with Crippen molar-refractivity contribution in [3.05, 3.63) is 24.3 Å². The summed E-state index contributed by atoms with van der Waals surface area (Å²) >= 11 is 1.90. The monoisotopic (exact) mass is 286 g/mol. The Balaban J connectivity index is 1.48. The Morgan fingerprint density at radius 1 is 1.29 bits per heavy atom. The van der Waals surface area contributed by atoms with Crippen LogP contribution in [0.25, 0.3) is 0 Å². The molecule has 1 aromatic carbocycles. The highest BCUT2D eigenvalue weighted by Gasteiger charge is 2.23. The molecule has 92 valence electrons. The fourth-order valence-corrected chi connectivity index (χ4v) is 5.56. The highest BCUT2D eigenvalue weighted by atomic mass is 33.1. The van der Waals surface area contributed by atoms with E-state index in [0.29, 0.717) is 4.71 Å². The van der Waals surface area contributed by atoms with Gasteiger partial charge >= 0.3 is 0 Å². The Kier molecular flexibility index (Phi) is 4.08. The van der Waals surface area contributed by atoms with Crippen molar-refractivity contribution in [2.45, 2.75) is 9.60 Å². The molecule has 3 rings (SSSR count). The molecule has 0 saturated carbocycles. The predicted octanol–water partition coefficient (Wildman–Crippen LogP) is 3.12. The van der Waals surface area contributed by atoms with Crippen molar-refractivity contribution < 1.29 is 4.74 Å². The van der Waals surface area contributed by atoms with Crippen molar-refractivity contribution in [1.29, 1.82) is 0 Å². The molecule has 1 unspecified atom stereocenters. The quantitative estimate of drug-likeness (QED) is 0.677. The lowest BCUT2D eigenvalue weighted by atomic mass is 10.3. The molecule has 1 N–H and O–H groups in total. The van der Waals surface area contributed by atoms with E-state index in [4.69, 9.17) is 4.74 Å². The zero-order valence-electron chi connectivity index (χ0n) is 9.30. The van der Waals surface area contributed by atoms with Crippen LogP contribution in [0.1, 0.15) is 0 Å². The number of ether oxygens (including phenoxy) is 1. The molecule has 1 saturated heterocycles. The van der Waals surface area contributed by atoms with Crippen LogP contribution >= 0.6 is 33.5 Å². The molecule has 2 aliphatic heterocycles. The number of para-hydroxylation sites is 1. The first-order valence-electron chi connectivity index (χ1n) is 5.60. The highest BCUT2D eigenvalue weighted by Crippen LogP contribution is 2.46. The Bertz CT molecular complexity index is 360. The lowest BCUT2D eigenvalue weighted by molar-refractivity contribution is 0.0779. The van der Waals surface area contributed by atoms with Gasteiger partial charge in [-0.2, -0.15) is 0 Å². The van der Waals surface area contributed by atoms with Crippen LogP contribution in [-0.4, -0.2) is 35.3 Å². The maximum atomic E-state index is 5.34. The van der Waals surface area contributed by atoms with Crippen LogP contribution in [0.15, 0.2) is 29.2 Å². The molecule has 0 amide bonds. The third-order valence-corrected chi connectivity index (χ3v) is 6.91. The minimum atomic E-state index is 0.417. The maximum Gasteiger partial charge on any atom is 0.135 e. The van der Waals surface area contributed by atoms with Crippen molar-refractivity contribution >= 4 is 39.2 Å². The van der Waals surface area contributed by atoms with Crippen LogP contribution in [0.5, 0.6) is 0 Å². The normalized spacial score (nSPS) is 24.4. The second-order valence-electron chi connectivity index (χ2n) is 3.80. The summed E-state index contributed by atoms with van der Waals surface area (Å²) in [6.07, 6.45) is 0. The van der Waals surface area contributed by atoms with Crippen LogP contribution < -0.4 is 5.32 Å². The van der Waals surface area contributed by atoms with Crippen LogP contribution in [0.4, 0.5) is 5.69 Å². The molecule has 1 atom stereocenters. The number of rotatable bonds is 3. The number of nitrogens with one attached hydrogen (secondary N) is 1. The van der Waals surface area contributed by atoms with Crippen molar-refractivity contribution in [1.82, 2.24) is 4.31 Å². The number of anilines is 1. The molecule has 3 nitrogen and oxygen atoms in total. The van der Waals surface area contributed by atoms with Gasteiger partial charge < -0.3 is 10.1 Å². The molecule has 1 fully saturated rings. The molecule has 1 aromatic rings. The van der Waals surface area contributed by atoms with Gasteiger partial charge in [-0.15, -0.1) is 0 Å². The lowest BCUT2D eigenvalue weighted by Crippen LogP contribution is -2.30. The van der Waals surface area contributed by atoms with Gasteiger partial charge in [-0.1, -0.05) is 23.9 Å². The first-order chi connectivity index (χ1) is 8.42. The second-order valence-corrected chi connectivity index (χ2v) is 7.60. The van der Waals surface area contributed by atoms with Crippen LogP contribution in [-0.2, 0) is 4.74 Å². The van der Waals surface area contributed by atoms with Crippen molar-refractivity contribution in [2.75, 3.05) is 31.6 Å². The van der Waals surface area contributed by atoms with Crippen molar-refractivity contribution in [2.24, 2.45) is 0 Å². The van der Waals surface area contributed by atoms with Gasteiger partial charge in [0, 0.05) is 23.7 Å². The average molecular weight is 286 g/mol. The SMILES string of the molecule is c1ccc2c(c1)NC(SSN1CCOCC1)S2. The Labute approximate surface area is 114 Å². The number of thioether (sulfide) groups is 1. The van der Waals surface area contributed by atoms with Gasteiger partial charge in [0.05, 0.1) is 13.2 Å². The molecule has 0 aromatic heterocycles. The van der Waals surface area contributed by atoms with E-state index < -0.39 is 0 Å². The van der Waals surface area contributed by atoms with Crippen LogP contribution in [0.3, 0.4) is 0 Å². The molecule has 2 heterocycles. The number of fused-ring (bicyclic) bond motifs is 1. The van der Waals surface area contributed by atoms with Gasteiger partial charge in [-0.25, -0.2) is 4.31 Å². The largest absolute Gasteiger partial charge is 0.379 e. The summed E-state index contributed by atoms with van der Waals surface area (Å²) in [5.41, 5.74) is 1.26. The van der Waals surface area contributed by atoms with E-state index in [1.165, 1.54) is 10.6 Å². The maximum absolute atomic E-state index is 5.34. The summed E-state index contributed by atoms with van der Waals surface area (Å²) in [4.78, 5) is 1.35. The molecule has 2 aliphatic rings. The first-order valence-corrected chi connectivity index (χ1v) is 8.65. The van der Waals surface area contributed by atoms with Crippen LogP contribution in [0, 0.1) is 0 Å². The number of hydrogen-bond acceptors (Lipinski definition) is 6. The molecule has 6 heteroatoms. The van der Waals surface area contributed by atoms with Gasteiger partial charge in [0.1, 0.15) is 4.71 Å². The molecule has 17 heavy (non-hydrogen) atoms. The molecular formula is C11H14N2OS3. The molecule has 0 radical (unpaired) electrons. The van der Waals surface area contributed by atoms with Crippen LogP contribution in [0.2, 0.25) is 0 Å². The molecule has 0 spiro atoms. The van der Waals surface area contributed by atoms with E-state index in [1.807, 2.05) is 33.5 Å². The van der Waals surface area contributed by atoms with Gasteiger partial charge in [0.15, 0.2) is 0 Å². The average Bonchev–Trinajstić information content (AvgIpc) is 2.80. The second kappa shape index (κ2) is 5.75. The highest BCUT2D eigenvalue weighted by molar-refractivity contribution is 8.77. The summed E-state index contributed by atoms with van der Waals surface area (Å²) < 4.78 is 8.13. The summed E-state index contributed by atoms with van der Waals surface area (Å²) in [5.74, 6) is 0. The van der Waals surface area contributed by atoms with E-state index in [0.717, 1.165) is 26.3 Å². The zero-order chi connectivity index (χ0) is 11.5. The standard InChI is InChI=1S/C11H14N2OS3/c1-2-4-10-9(3-1)12-11(15-10)16-17-13-5-7-14-8-6-13/h1-4,11-12H,5-8H2. The topological polar surface area (TPSA) is 24.5 Å². The third kappa shape index (κ3) is 3.06.